The molecule has 148 valence electrons. The standard InChI is InChI=1S/C20H25F3N2O2/c1-5-19(9-8-14-6-7-16(19)25(14)3)24-18(26)17-12(2)10-13(20(21,22)23)11-15(17)27-4/h5,10-11,14,16H,1,6-9H2,2-4H3,(H,24,26)/t14?,16?,19-/m0/s1. The number of alkyl halides is 3. The highest BCUT2D eigenvalue weighted by Gasteiger charge is 2.49. The van der Waals surface area contributed by atoms with Crippen molar-refractivity contribution in [2.24, 2.45) is 0 Å². The zero-order valence-electron chi connectivity index (χ0n) is 15.8. The van der Waals surface area contributed by atoms with Crippen molar-refractivity contribution in [2.45, 2.75) is 56.4 Å². The Morgan fingerprint density at radius 3 is 2.67 bits per heavy atom. The van der Waals surface area contributed by atoms with Crippen LogP contribution in [0.5, 0.6) is 5.75 Å². The second-order valence-electron chi connectivity index (χ2n) is 7.52. The van der Waals surface area contributed by atoms with Gasteiger partial charge in [0.05, 0.1) is 23.8 Å². The molecule has 1 N–H and O–H groups in total. The van der Waals surface area contributed by atoms with Gasteiger partial charge in [0.25, 0.3) is 5.91 Å². The molecule has 2 unspecified atom stereocenters. The first-order valence-corrected chi connectivity index (χ1v) is 9.07. The summed E-state index contributed by atoms with van der Waals surface area (Å²) in [6.07, 6.45) is 1.03. The van der Waals surface area contributed by atoms with E-state index in [-0.39, 0.29) is 22.9 Å². The lowest BCUT2D eigenvalue weighted by molar-refractivity contribution is -0.137. The molecule has 2 aliphatic heterocycles. The van der Waals surface area contributed by atoms with E-state index in [1.54, 1.807) is 6.08 Å². The van der Waals surface area contributed by atoms with Gasteiger partial charge in [-0.25, -0.2) is 0 Å². The number of halogens is 3. The van der Waals surface area contributed by atoms with Gasteiger partial charge in [0.15, 0.2) is 0 Å². The maximum atomic E-state index is 13.1. The van der Waals surface area contributed by atoms with Gasteiger partial charge in [0.1, 0.15) is 5.75 Å². The zero-order valence-corrected chi connectivity index (χ0v) is 15.8. The molecular formula is C20H25F3N2O2. The molecule has 27 heavy (non-hydrogen) atoms. The summed E-state index contributed by atoms with van der Waals surface area (Å²) in [6, 6.07) is 2.51. The van der Waals surface area contributed by atoms with Crippen molar-refractivity contribution in [2.75, 3.05) is 14.2 Å². The van der Waals surface area contributed by atoms with Crippen molar-refractivity contribution in [3.05, 3.63) is 41.5 Å². The molecule has 7 heteroatoms. The molecule has 4 nitrogen and oxygen atoms in total. The number of hydrogen-bond acceptors (Lipinski definition) is 3. The summed E-state index contributed by atoms with van der Waals surface area (Å²) in [5.74, 6) is -0.510. The number of amides is 1. The lowest BCUT2D eigenvalue weighted by Crippen LogP contribution is -2.62. The Morgan fingerprint density at radius 2 is 2.07 bits per heavy atom. The zero-order chi connectivity index (χ0) is 20.0. The largest absolute Gasteiger partial charge is 0.496 e. The number of nitrogens with zero attached hydrogens (tertiary/aromatic N) is 1. The summed E-state index contributed by atoms with van der Waals surface area (Å²) >= 11 is 0. The fourth-order valence-corrected chi connectivity index (χ4v) is 4.63. The van der Waals surface area contributed by atoms with Crippen LogP contribution in [0.1, 0.15) is 47.2 Å². The third-order valence-corrected chi connectivity index (χ3v) is 6.11. The van der Waals surface area contributed by atoms with Crippen LogP contribution in [-0.2, 0) is 6.18 Å². The SMILES string of the molecule is C=C[C@]1(NC(=O)c2c(C)cc(C(F)(F)F)cc2OC)CCC2CCC1N2C. The van der Waals surface area contributed by atoms with Crippen LogP contribution in [-0.4, -0.2) is 42.6 Å². The number of aryl methyl sites for hydroxylation is 1. The van der Waals surface area contributed by atoms with Gasteiger partial charge in [0, 0.05) is 12.1 Å². The number of benzene rings is 1. The second kappa shape index (κ2) is 6.86. The number of likely N-dealkylation sites (N-methyl/N-ethyl adjacent to an activating group) is 1. The van der Waals surface area contributed by atoms with Crippen LogP contribution in [0.3, 0.4) is 0 Å². The molecule has 2 bridgehead atoms. The molecule has 0 radical (unpaired) electrons. The fourth-order valence-electron chi connectivity index (χ4n) is 4.63. The molecule has 1 aromatic rings. The van der Waals surface area contributed by atoms with Gasteiger partial charge in [0.2, 0.25) is 0 Å². The number of carbonyl (C=O) groups is 1. The van der Waals surface area contributed by atoms with Crippen LogP contribution < -0.4 is 10.1 Å². The van der Waals surface area contributed by atoms with Gasteiger partial charge in [-0.1, -0.05) is 6.08 Å². The van der Waals surface area contributed by atoms with Gasteiger partial charge < -0.3 is 10.1 Å². The Morgan fingerprint density at radius 1 is 1.37 bits per heavy atom. The lowest BCUT2D eigenvalue weighted by atomic mass is 9.81. The number of fused-ring (bicyclic) bond motifs is 2. The molecule has 2 aliphatic rings. The van der Waals surface area contributed by atoms with E-state index < -0.39 is 23.2 Å². The summed E-state index contributed by atoms with van der Waals surface area (Å²) < 4.78 is 44.3. The van der Waals surface area contributed by atoms with Crippen LogP contribution in [0.15, 0.2) is 24.8 Å². The molecule has 1 aromatic carbocycles. The molecule has 2 heterocycles. The highest BCUT2D eigenvalue weighted by atomic mass is 19.4. The normalized spacial score (nSPS) is 28.1. The summed E-state index contributed by atoms with van der Waals surface area (Å²) in [4.78, 5) is 15.4. The van der Waals surface area contributed by atoms with Crippen LogP contribution in [0, 0.1) is 6.92 Å². The number of ether oxygens (including phenoxy) is 1. The second-order valence-corrected chi connectivity index (χ2v) is 7.52. The highest BCUT2D eigenvalue weighted by Crippen LogP contribution is 2.42. The quantitative estimate of drug-likeness (QED) is 0.803. The van der Waals surface area contributed by atoms with Gasteiger partial charge >= 0.3 is 6.18 Å². The van der Waals surface area contributed by atoms with E-state index in [1.165, 1.54) is 14.0 Å². The summed E-state index contributed by atoms with van der Waals surface area (Å²) in [6.45, 7) is 5.44. The van der Waals surface area contributed by atoms with Crippen molar-refractivity contribution in [1.29, 1.82) is 0 Å². The minimum Gasteiger partial charge on any atom is -0.496 e. The molecule has 3 atom stereocenters. The third-order valence-electron chi connectivity index (χ3n) is 6.11. The van der Waals surface area contributed by atoms with Crippen molar-refractivity contribution < 1.29 is 22.7 Å². The Balaban J connectivity index is 1.95. The monoisotopic (exact) mass is 382 g/mol. The third kappa shape index (κ3) is 3.33. The minimum atomic E-state index is -4.50. The van der Waals surface area contributed by atoms with E-state index in [0.717, 1.165) is 37.8 Å². The van der Waals surface area contributed by atoms with Crippen LogP contribution in [0.2, 0.25) is 0 Å². The number of carbonyl (C=O) groups excluding carboxylic acids is 1. The molecule has 3 rings (SSSR count). The van der Waals surface area contributed by atoms with E-state index in [9.17, 15) is 18.0 Å². The molecule has 2 fully saturated rings. The minimum absolute atomic E-state index is 0.0764. The lowest BCUT2D eigenvalue weighted by Gasteiger charge is -2.46. The average molecular weight is 382 g/mol. The van der Waals surface area contributed by atoms with E-state index >= 15 is 0 Å². The average Bonchev–Trinajstić information content (AvgIpc) is 2.86. The smallest absolute Gasteiger partial charge is 0.416 e. The molecule has 2 saturated heterocycles. The first-order valence-electron chi connectivity index (χ1n) is 9.07. The van der Waals surface area contributed by atoms with Crippen molar-refractivity contribution in [3.63, 3.8) is 0 Å². The van der Waals surface area contributed by atoms with Gasteiger partial charge in [-0.05, 0) is 57.4 Å². The predicted octanol–water partition coefficient (Wildman–Crippen LogP) is 3.93. The van der Waals surface area contributed by atoms with Crippen molar-refractivity contribution in [1.82, 2.24) is 10.2 Å². The molecular weight excluding hydrogens is 357 g/mol. The maximum absolute atomic E-state index is 13.1. The fraction of sp³-hybridized carbons (Fsp3) is 0.550. The number of nitrogens with one attached hydrogen (secondary N) is 1. The van der Waals surface area contributed by atoms with E-state index in [0.29, 0.717) is 6.04 Å². The topological polar surface area (TPSA) is 41.6 Å². The Bertz CT molecular complexity index is 762. The number of piperidine rings is 1. The van der Waals surface area contributed by atoms with Crippen LogP contribution in [0.4, 0.5) is 13.2 Å². The first-order chi connectivity index (χ1) is 12.6. The van der Waals surface area contributed by atoms with Gasteiger partial charge in [-0.2, -0.15) is 13.2 Å². The van der Waals surface area contributed by atoms with Gasteiger partial charge in [-0.3, -0.25) is 9.69 Å². The Kier molecular flexibility index (Phi) is 5.01. The van der Waals surface area contributed by atoms with E-state index in [4.69, 9.17) is 4.74 Å². The first kappa shape index (κ1) is 19.7. The Labute approximate surface area is 157 Å². The molecule has 0 saturated carbocycles. The summed E-state index contributed by atoms with van der Waals surface area (Å²) in [7, 11) is 3.32. The number of methoxy groups -OCH3 is 1. The summed E-state index contributed by atoms with van der Waals surface area (Å²) in [5.41, 5.74) is -1.07. The molecule has 1 amide bonds. The highest BCUT2D eigenvalue weighted by molar-refractivity contribution is 5.99. The predicted molar refractivity (Wildman–Crippen MR) is 96.9 cm³/mol. The summed E-state index contributed by atoms with van der Waals surface area (Å²) in [5, 5.41) is 3.07. The van der Waals surface area contributed by atoms with E-state index in [2.05, 4.69) is 23.8 Å². The molecule has 0 aromatic heterocycles. The number of hydrogen-bond donors (Lipinski definition) is 1. The van der Waals surface area contributed by atoms with Crippen LogP contribution >= 0.6 is 0 Å². The van der Waals surface area contributed by atoms with Crippen LogP contribution in [0.25, 0.3) is 0 Å². The molecule has 0 aliphatic carbocycles. The Hall–Kier alpha value is -2.02. The van der Waals surface area contributed by atoms with Gasteiger partial charge in [-0.15, -0.1) is 6.58 Å². The van der Waals surface area contributed by atoms with Crippen molar-refractivity contribution in [3.8, 4) is 5.75 Å². The number of rotatable bonds is 4. The molecule has 0 spiro atoms. The van der Waals surface area contributed by atoms with Crippen molar-refractivity contribution >= 4 is 5.91 Å². The van der Waals surface area contributed by atoms with E-state index in [1.807, 2.05) is 0 Å². The maximum Gasteiger partial charge on any atom is 0.416 e.